The van der Waals surface area contributed by atoms with Gasteiger partial charge in [0.2, 0.25) is 0 Å². The van der Waals surface area contributed by atoms with E-state index in [0.717, 1.165) is 11.3 Å². The number of anilines is 1. The summed E-state index contributed by atoms with van der Waals surface area (Å²) in [5, 5.41) is 7.53. The molecule has 0 saturated heterocycles. The first-order chi connectivity index (χ1) is 13.5. The van der Waals surface area contributed by atoms with Gasteiger partial charge < -0.3 is 10.2 Å². The normalized spacial score (nSPS) is 10.7. The van der Waals surface area contributed by atoms with Crippen LogP contribution in [0.3, 0.4) is 0 Å². The van der Waals surface area contributed by atoms with Gasteiger partial charge in [-0.25, -0.2) is 9.07 Å². The minimum absolute atomic E-state index is 0.255. The molecule has 1 aromatic heterocycles. The van der Waals surface area contributed by atoms with Crippen molar-refractivity contribution in [1.82, 2.24) is 15.1 Å². The van der Waals surface area contributed by atoms with Crippen molar-refractivity contribution in [2.75, 3.05) is 25.0 Å². The third-order valence-electron chi connectivity index (χ3n) is 4.47. The van der Waals surface area contributed by atoms with Crippen LogP contribution in [0.25, 0.3) is 0 Å². The summed E-state index contributed by atoms with van der Waals surface area (Å²) >= 11 is 6.40. The number of likely N-dealkylation sites (N-methyl/N-ethyl adjacent to an activating group) is 1. The van der Waals surface area contributed by atoms with Gasteiger partial charge in [-0.15, -0.1) is 0 Å². The number of nitrogens with one attached hydrogen (secondary N) is 1. The number of rotatable bonds is 7. The maximum absolute atomic E-state index is 13.1. The van der Waals surface area contributed by atoms with Crippen molar-refractivity contribution in [2.24, 2.45) is 0 Å². The summed E-state index contributed by atoms with van der Waals surface area (Å²) in [4.78, 5) is 14.7. The van der Waals surface area contributed by atoms with Crippen LogP contribution >= 0.6 is 11.6 Å². The van der Waals surface area contributed by atoms with Crippen molar-refractivity contribution in [2.45, 2.75) is 13.5 Å². The van der Waals surface area contributed by atoms with E-state index in [0.29, 0.717) is 30.9 Å². The molecule has 0 radical (unpaired) electrons. The molecule has 0 aliphatic rings. The lowest BCUT2D eigenvalue weighted by Gasteiger charge is -2.19. The van der Waals surface area contributed by atoms with Crippen LogP contribution in [0.2, 0.25) is 5.15 Å². The zero-order valence-electron chi connectivity index (χ0n) is 15.8. The molecule has 1 N–H and O–H groups in total. The highest BCUT2D eigenvalue weighted by molar-refractivity contribution is 6.33. The summed E-state index contributed by atoms with van der Waals surface area (Å²) in [6.07, 6.45) is 0. The van der Waals surface area contributed by atoms with Gasteiger partial charge in [0.15, 0.2) is 0 Å². The van der Waals surface area contributed by atoms with Gasteiger partial charge in [-0.05, 0) is 36.8 Å². The largest absolute Gasteiger partial charge is 0.373 e. The molecule has 2 aromatic carbocycles. The molecule has 3 rings (SSSR count). The first-order valence-corrected chi connectivity index (χ1v) is 9.35. The molecule has 7 heteroatoms. The third kappa shape index (κ3) is 4.70. The van der Waals surface area contributed by atoms with E-state index in [-0.39, 0.29) is 16.9 Å². The van der Waals surface area contributed by atoms with Crippen LogP contribution in [0.4, 0.5) is 10.1 Å². The van der Waals surface area contributed by atoms with E-state index in [1.165, 1.54) is 12.1 Å². The van der Waals surface area contributed by atoms with Gasteiger partial charge in [-0.3, -0.25) is 4.79 Å². The second-order valence-electron chi connectivity index (χ2n) is 6.55. The fourth-order valence-electron chi connectivity index (χ4n) is 2.92. The van der Waals surface area contributed by atoms with Gasteiger partial charge in [0.25, 0.3) is 5.91 Å². The van der Waals surface area contributed by atoms with Crippen LogP contribution in [0, 0.1) is 12.7 Å². The van der Waals surface area contributed by atoms with Crippen LogP contribution in [-0.4, -0.2) is 35.8 Å². The van der Waals surface area contributed by atoms with Gasteiger partial charge in [-0.1, -0.05) is 41.9 Å². The van der Waals surface area contributed by atoms with E-state index in [4.69, 9.17) is 11.6 Å². The summed E-state index contributed by atoms with van der Waals surface area (Å²) in [5.41, 5.74) is 2.85. The molecular formula is C21H22ClFN4O. The fraction of sp³-hybridized carbons (Fsp3) is 0.238. The molecule has 1 heterocycles. The summed E-state index contributed by atoms with van der Waals surface area (Å²) < 4.78 is 14.6. The Morgan fingerprint density at radius 2 is 1.86 bits per heavy atom. The van der Waals surface area contributed by atoms with Crippen molar-refractivity contribution < 1.29 is 9.18 Å². The van der Waals surface area contributed by atoms with E-state index < -0.39 is 0 Å². The highest BCUT2D eigenvalue weighted by Crippen LogP contribution is 2.21. The zero-order chi connectivity index (χ0) is 20.1. The topological polar surface area (TPSA) is 50.2 Å². The second kappa shape index (κ2) is 8.89. The lowest BCUT2D eigenvalue weighted by Crippen LogP contribution is -2.33. The van der Waals surface area contributed by atoms with Crippen molar-refractivity contribution in [3.05, 3.63) is 82.4 Å². The number of benzene rings is 2. The van der Waals surface area contributed by atoms with E-state index in [1.807, 2.05) is 37.4 Å². The number of amides is 1. The molecule has 0 atom stereocenters. The smallest absolute Gasteiger partial charge is 0.256 e. The number of carbonyl (C=O) groups excluding carboxylic acids is 1. The van der Waals surface area contributed by atoms with Gasteiger partial charge in [0.1, 0.15) is 11.0 Å². The molecule has 28 heavy (non-hydrogen) atoms. The molecule has 0 aliphatic carbocycles. The average Bonchev–Trinajstić information content (AvgIpc) is 2.97. The van der Waals surface area contributed by atoms with E-state index in [1.54, 1.807) is 23.7 Å². The highest BCUT2D eigenvalue weighted by Gasteiger charge is 2.20. The number of hydrogen-bond acceptors (Lipinski definition) is 3. The monoisotopic (exact) mass is 400 g/mol. The Balaban J connectivity index is 1.62. The predicted molar refractivity (Wildman–Crippen MR) is 110 cm³/mol. The lowest BCUT2D eigenvalue weighted by molar-refractivity contribution is 0.0954. The van der Waals surface area contributed by atoms with Crippen LogP contribution < -0.4 is 10.2 Å². The van der Waals surface area contributed by atoms with Crippen molar-refractivity contribution in [3.63, 3.8) is 0 Å². The lowest BCUT2D eigenvalue weighted by atomic mass is 10.2. The summed E-state index contributed by atoms with van der Waals surface area (Å²) in [5.74, 6) is -0.554. The number of hydrogen-bond donors (Lipinski definition) is 1. The van der Waals surface area contributed by atoms with Crippen LogP contribution in [0.1, 0.15) is 21.6 Å². The Morgan fingerprint density at radius 3 is 2.54 bits per heavy atom. The maximum atomic E-state index is 13.1. The second-order valence-corrected chi connectivity index (χ2v) is 6.91. The average molecular weight is 401 g/mol. The Bertz CT molecular complexity index is 941. The van der Waals surface area contributed by atoms with Crippen molar-refractivity contribution >= 4 is 23.2 Å². The molecule has 146 valence electrons. The van der Waals surface area contributed by atoms with Crippen LogP contribution in [0.15, 0.2) is 54.6 Å². The first kappa shape index (κ1) is 19.9. The summed E-state index contributed by atoms with van der Waals surface area (Å²) in [6.45, 7) is 3.25. The number of aromatic nitrogens is 2. The van der Waals surface area contributed by atoms with E-state index >= 15 is 0 Å². The van der Waals surface area contributed by atoms with E-state index in [2.05, 4.69) is 15.3 Å². The number of para-hydroxylation sites is 1. The number of aryl methyl sites for hydroxylation is 1. The number of halogens is 2. The van der Waals surface area contributed by atoms with E-state index in [9.17, 15) is 9.18 Å². The van der Waals surface area contributed by atoms with Gasteiger partial charge in [0, 0.05) is 25.8 Å². The van der Waals surface area contributed by atoms with Gasteiger partial charge in [0.05, 0.1) is 17.8 Å². The highest BCUT2D eigenvalue weighted by atomic mass is 35.5. The Kier molecular flexibility index (Phi) is 6.31. The van der Waals surface area contributed by atoms with Crippen LogP contribution in [0.5, 0.6) is 0 Å². The maximum Gasteiger partial charge on any atom is 0.256 e. The molecule has 0 bridgehead atoms. The molecule has 5 nitrogen and oxygen atoms in total. The minimum Gasteiger partial charge on any atom is -0.373 e. The zero-order valence-corrected chi connectivity index (χ0v) is 16.6. The molecule has 1 amide bonds. The quantitative estimate of drug-likeness (QED) is 0.654. The molecule has 0 fully saturated rings. The molecular weight excluding hydrogens is 379 g/mol. The molecule has 3 aromatic rings. The summed E-state index contributed by atoms with van der Waals surface area (Å²) in [6, 6.07) is 16.1. The first-order valence-electron chi connectivity index (χ1n) is 8.97. The fourth-order valence-corrected chi connectivity index (χ4v) is 3.24. The Labute approximate surface area is 168 Å². The Hall–Kier alpha value is -2.86. The molecule has 0 unspecified atom stereocenters. The minimum atomic E-state index is -0.299. The number of carbonyl (C=O) groups is 1. The molecule has 0 aliphatic heterocycles. The van der Waals surface area contributed by atoms with Crippen LogP contribution in [-0.2, 0) is 6.54 Å². The Morgan fingerprint density at radius 1 is 1.18 bits per heavy atom. The third-order valence-corrected chi connectivity index (χ3v) is 4.85. The molecule has 0 spiro atoms. The standard InChI is InChI=1S/C21H22ClFN4O/c1-15-19(20(22)27(25-15)14-16-8-10-17(23)11-9-16)21(28)24-12-13-26(2)18-6-4-3-5-7-18/h3-11H,12-14H2,1-2H3,(H,24,28). The predicted octanol–water partition coefficient (Wildman–Crippen LogP) is 3.90. The van der Waals surface area contributed by atoms with Gasteiger partial charge >= 0.3 is 0 Å². The SMILES string of the molecule is Cc1nn(Cc2ccc(F)cc2)c(Cl)c1C(=O)NCCN(C)c1ccccc1. The number of nitrogens with zero attached hydrogens (tertiary/aromatic N) is 3. The summed E-state index contributed by atoms with van der Waals surface area (Å²) in [7, 11) is 1.97. The van der Waals surface area contributed by atoms with Crippen molar-refractivity contribution in [3.8, 4) is 0 Å². The van der Waals surface area contributed by atoms with Gasteiger partial charge in [-0.2, -0.15) is 5.10 Å². The van der Waals surface area contributed by atoms with Crippen molar-refractivity contribution in [1.29, 1.82) is 0 Å². The molecule has 0 saturated carbocycles.